The predicted octanol–water partition coefficient (Wildman–Crippen LogP) is 2.29. The third-order valence-corrected chi connectivity index (χ3v) is 2.96. The first-order chi connectivity index (χ1) is 7.08. The molecule has 0 aliphatic rings. The van der Waals surface area contributed by atoms with Crippen molar-refractivity contribution in [3.8, 4) is 0 Å². The van der Waals surface area contributed by atoms with Gasteiger partial charge in [-0.05, 0) is 30.2 Å². The van der Waals surface area contributed by atoms with Crippen LogP contribution in [0.5, 0.6) is 0 Å². The fraction of sp³-hybridized carbons (Fsp3) is 0.273. The molecule has 0 atom stereocenters. The lowest BCUT2D eigenvalue weighted by Gasteiger charge is -2.06. The molecule has 3 nitrogen and oxygen atoms in total. The predicted molar refractivity (Wildman–Crippen MR) is 60.0 cm³/mol. The zero-order valence-electron chi connectivity index (χ0n) is 8.54. The fourth-order valence-electron chi connectivity index (χ4n) is 1.24. The Hall–Kier alpha value is -1.16. The molecule has 0 aliphatic carbocycles. The summed E-state index contributed by atoms with van der Waals surface area (Å²) in [5.41, 5.74) is 2.17. The van der Waals surface area contributed by atoms with Crippen molar-refractivity contribution in [3.05, 3.63) is 33.3 Å². The topological polar surface area (TPSA) is 43.4 Å². The van der Waals surface area contributed by atoms with Crippen molar-refractivity contribution in [1.29, 1.82) is 0 Å². The van der Waals surface area contributed by atoms with E-state index in [1.807, 2.05) is 6.92 Å². The number of halogens is 1. The standard InChI is InChI=1S/C11H11BrO3/c1-7-3-9(6-13)8(4-10(7)12)5-11(14)15-2/h3-4,6H,5H2,1-2H3. The Morgan fingerprint density at radius 2 is 2.20 bits per heavy atom. The van der Waals surface area contributed by atoms with Crippen LogP contribution in [-0.2, 0) is 16.0 Å². The van der Waals surface area contributed by atoms with E-state index in [0.717, 1.165) is 16.3 Å². The van der Waals surface area contributed by atoms with Crippen LogP contribution in [0.3, 0.4) is 0 Å². The Morgan fingerprint density at radius 1 is 1.53 bits per heavy atom. The van der Waals surface area contributed by atoms with Crippen LogP contribution < -0.4 is 0 Å². The molecule has 1 rings (SSSR count). The Morgan fingerprint density at radius 3 is 2.73 bits per heavy atom. The lowest BCUT2D eigenvalue weighted by atomic mass is 10.0. The first-order valence-electron chi connectivity index (χ1n) is 4.39. The van der Waals surface area contributed by atoms with Crippen molar-refractivity contribution in [1.82, 2.24) is 0 Å². The van der Waals surface area contributed by atoms with Crippen molar-refractivity contribution in [2.75, 3.05) is 7.11 Å². The van der Waals surface area contributed by atoms with Gasteiger partial charge in [-0.25, -0.2) is 0 Å². The third-order valence-electron chi connectivity index (χ3n) is 2.11. The van der Waals surface area contributed by atoms with Gasteiger partial charge in [0.1, 0.15) is 6.29 Å². The highest BCUT2D eigenvalue weighted by Crippen LogP contribution is 2.21. The second kappa shape index (κ2) is 5.07. The maximum Gasteiger partial charge on any atom is 0.310 e. The largest absolute Gasteiger partial charge is 0.469 e. The van der Waals surface area contributed by atoms with Crippen molar-refractivity contribution in [2.24, 2.45) is 0 Å². The van der Waals surface area contributed by atoms with Crippen LogP contribution in [0.15, 0.2) is 16.6 Å². The van der Waals surface area contributed by atoms with E-state index >= 15 is 0 Å². The van der Waals surface area contributed by atoms with Gasteiger partial charge in [-0.2, -0.15) is 0 Å². The summed E-state index contributed by atoms with van der Waals surface area (Å²) in [6.45, 7) is 1.89. The number of aldehydes is 1. The number of esters is 1. The highest BCUT2D eigenvalue weighted by atomic mass is 79.9. The highest BCUT2D eigenvalue weighted by molar-refractivity contribution is 9.10. The molecule has 0 saturated heterocycles. The van der Waals surface area contributed by atoms with Crippen LogP contribution in [0.1, 0.15) is 21.5 Å². The summed E-state index contributed by atoms with van der Waals surface area (Å²) >= 11 is 3.35. The average molecular weight is 271 g/mol. The van der Waals surface area contributed by atoms with Crippen LogP contribution in [0.25, 0.3) is 0 Å². The minimum Gasteiger partial charge on any atom is -0.469 e. The number of hydrogen-bond acceptors (Lipinski definition) is 3. The summed E-state index contributed by atoms with van der Waals surface area (Å²) in [5.74, 6) is -0.353. The number of carbonyl (C=O) groups excluding carboxylic acids is 2. The summed E-state index contributed by atoms with van der Waals surface area (Å²) in [5, 5.41) is 0. The monoisotopic (exact) mass is 270 g/mol. The number of carbonyl (C=O) groups is 2. The Balaban J connectivity index is 3.10. The second-order valence-electron chi connectivity index (χ2n) is 3.17. The molecule has 1 aromatic carbocycles. The van der Waals surface area contributed by atoms with Crippen LogP contribution >= 0.6 is 15.9 Å². The number of methoxy groups -OCH3 is 1. The average Bonchev–Trinajstić information content (AvgIpc) is 2.22. The van der Waals surface area contributed by atoms with Crippen molar-refractivity contribution in [3.63, 3.8) is 0 Å². The van der Waals surface area contributed by atoms with Gasteiger partial charge in [-0.15, -0.1) is 0 Å². The first kappa shape index (κ1) is 11.9. The number of ether oxygens (including phenoxy) is 1. The van der Waals surface area contributed by atoms with Gasteiger partial charge in [-0.3, -0.25) is 9.59 Å². The summed E-state index contributed by atoms with van der Waals surface area (Å²) in [6, 6.07) is 3.52. The molecule has 0 saturated carbocycles. The van der Waals surface area contributed by atoms with Crippen molar-refractivity contribution < 1.29 is 14.3 Å². The normalized spacial score (nSPS) is 9.80. The van der Waals surface area contributed by atoms with Crippen molar-refractivity contribution in [2.45, 2.75) is 13.3 Å². The smallest absolute Gasteiger partial charge is 0.310 e. The minimum absolute atomic E-state index is 0.115. The molecular weight excluding hydrogens is 260 g/mol. The molecule has 0 radical (unpaired) electrons. The highest BCUT2D eigenvalue weighted by Gasteiger charge is 2.10. The minimum atomic E-state index is -0.353. The molecular formula is C11H11BrO3. The van der Waals surface area contributed by atoms with Crippen molar-refractivity contribution >= 4 is 28.2 Å². The quantitative estimate of drug-likeness (QED) is 0.625. The first-order valence-corrected chi connectivity index (χ1v) is 5.18. The van der Waals surface area contributed by atoms with E-state index in [4.69, 9.17) is 0 Å². The van der Waals surface area contributed by atoms with Gasteiger partial charge in [0.05, 0.1) is 13.5 Å². The van der Waals surface area contributed by atoms with Gasteiger partial charge in [0.15, 0.2) is 0 Å². The molecule has 0 fully saturated rings. The molecule has 0 unspecified atom stereocenters. The molecule has 0 amide bonds. The maximum absolute atomic E-state index is 11.1. The van der Waals surface area contributed by atoms with Crippen LogP contribution in [-0.4, -0.2) is 19.4 Å². The van der Waals surface area contributed by atoms with Gasteiger partial charge >= 0.3 is 5.97 Å². The summed E-state index contributed by atoms with van der Waals surface area (Å²) in [7, 11) is 1.33. The molecule has 0 spiro atoms. The van der Waals surface area contributed by atoms with E-state index in [1.54, 1.807) is 12.1 Å². The number of rotatable bonds is 3. The number of hydrogen-bond donors (Lipinski definition) is 0. The van der Waals surface area contributed by atoms with Crippen LogP contribution in [0.2, 0.25) is 0 Å². The molecule has 0 aromatic heterocycles. The lowest BCUT2D eigenvalue weighted by Crippen LogP contribution is -2.07. The van der Waals surface area contributed by atoms with E-state index in [1.165, 1.54) is 7.11 Å². The third kappa shape index (κ3) is 2.89. The van der Waals surface area contributed by atoms with E-state index in [2.05, 4.69) is 20.7 Å². The molecule has 80 valence electrons. The second-order valence-corrected chi connectivity index (χ2v) is 4.03. The van der Waals surface area contributed by atoms with Gasteiger partial charge in [0.25, 0.3) is 0 Å². The molecule has 0 bridgehead atoms. The zero-order chi connectivity index (χ0) is 11.4. The van der Waals surface area contributed by atoms with Gasteiger partial charge < -0.3 is 4.74 Å². The maximum atomic E-state index is 11.1. The lowest BCUT2D eigenvalue weighted by molar-refractivity contribution is -0.139. The van der Waals surface area contributed by atoms with Gasteiger partial charge in [0, 0.05) is 10.0 Å². The Kier molecular flexibility index (Phi) is 4.03. The Labute approximate surface area is 96.6 Å². The van der Waals surface area contributed by atoms with E-state index in [-0.39, 0.29) is 12.4 Å². The Bertz CT molecular complexity index is 399. The molecule has 15 heavy (non-hydrogen) atoms. The van der Waals surface area contributed by atoms with Gasteiger partial charge in [-0.1, -0.05) is 15.9 Å². The number of aryl methyl sites for hydroxylation is 1. The molecule has 0 N–H and O–H groups in total. The molecule has 0 heterocycles. The summed E-state index contributed by atoms with van der Waals surface area (Å²) in [4.78, 5) is 21.9. The van der Waals surface area contributed by atoms with Gasteiger partial charge in [0.2, 0.25) is 0 Å². The zero-order valence-corrected chi connectivity index (χ0v) is 10.1. The van der Waals surface area contributed by atoms with E-state index in [9.17, 15) is 9.59 Å². The molecule has 1 aromatic rings. The summed E-state index contributed by atoms with van der Waals surface area (Å²) in [6.07, 6.45) is 0.862. The fourth-order valence-corrected chi connectivity index (χ4v) is 1.63. The SMILES string of the molecule is COC(=O)Cc1cc(Br)c(C)cc1C=O. The van der Waals surface area contributed by atoms with E-state index < -0.39 is 0 Å². The number of benzene rings is 1. The van der Waals surface area contributed by atoms with E-state index in [0.29, 0.717) is 11.1 Å². The van der Waals surface area contributed by atoms with Crippen LogP contribution in [0.4, 0.5) is 0 Å². The molecule has 4 heteroatoms. The molecule has 0 aliphatic heterocycles. The summed E-state index contributed by atoms with van der Waals surface area (Å²) < 4.78 is 5.44. The van der Waals surface area contributed by atoms with Crippen LogP contribution in [0, 0.1) is 6.92 Å².